The van der Waals surface area contributed by atoms with Gasteiger partial charge in [0.25, 0.3) is 11.8 Å². The van der Waals surface area contributed by atoms with Gasteiger partial charge in [-0.25, -0.2) is 4.52 Å². The predicted molar refractivity (Wildman–Crippen MR) is 129 cm³/mol. The van der Waals surface area contributed by atoms with Crippen LogP contribution in [-0.2, 0) is 6.42 Å². The summed E-state index contributed by atoms with van der Waals surface area (Å²) in [5.41, 5.74) is 4.83. The highest BCUT2D eigenvalue weighted by Gasteiger charge is 2.26. The lowest BCUT2D eigenvalue weighted by atomic mass is 9.89. The Balaban J connectivity index is 1.28. The summed E-state index contributed by atoms with van der Waals surface area (Å²) in [7, 11) is 0. The summed E-state index contributed by atoms with van der Waals surface area (Å²) in [6.07, 6.45) is 9.87. The summed E-state index contributed by atoms with van der Waals surface area (Å²) in [6, 6.07) is 12.2. The van der Waals surface area contributed by atoms with Crippen molar-refractivity contribution in [2.75, 3.05) is 26.2 Å². The minimum Gasteiger partial charge on any atom is -0.339 e. The van der Waals surface area contributed by atoms with E-state index in [2.05, 4.69) is 24.2 Å². The van der Waals surface area contributed by atoms with E-state index in [0.717, 1.165) is 69.4 Å². The smallest absolute Gasteiger partial charge is 0.257 e. The third kappa shape index (κ3) is 4.39. The standard InChI is InChI=1S/C27H32N4O2/c1-2-20-6-8-22(9-7-20)26(32)30-15-10-21(11-16-30)23-12-17-31-25(18-23)24(19-28-31)27(33)29-13-4-3-5-14-29/h6-9,12,17-19,21H,2-5,10-11,13-16H2,1H3. The number of nitrogens with zero attached hydrogens (tertiary/aromatic N) is 4. The summed E-state index contributed by atoms with van der Waals surface area (Å²) in [5.74, 6) is 0.600. The summed E-state index contributed by atoms with van der Waals surface area (Å²) in [6.45, 7) is 5.30. The van der Waals surface area contributed by atoms with Crippen molar-refractivity contribution < 1.29 is 9.59 Å². The monoisotopic (exact) mass is 444 g/mol. The molecule has 2 saturated heterocycles. The zero-order valence-electron chi connectivity index (χ0n) is 19.4. The van der Waals surface area contributed by atoms with Crippen LogP contribution in [0.5, 0.6) is 0 Å². The van der Waals surface area contributed by atoms with Crippen LogP contribution < -0.4 is 0 Å². The molecule has 2 aliphatic rings. The molecule has 6 heteroatoms. The number of pyridine rings is 1. The molecule has 4 heterocycles. The molecule has 33 heavy (non-hydrogen) atoms. The van der Waals surface area contributed by atoms with Crippen LogP contribution in [0.15, 0.2) is 48.8 Å². The first-order chi connectivity index (χ1) is 16.1. The number of hydrogen-bond acceptors (Lipinski definition) is 3. The van der Waals surface area contributed by atoms with Gasteiger partial charge < -0.3 is 9.80 Å². The van der Waals surface area contributed by atoms with E-state index >= 15 is 0 Å². The summed E-state index contributed by atoms with van der Waals surface area (Å²) >= 11 is 0. The number of carbonyl (C=O) groups excluding carboxylic acids is 2. The number of carbonyl (C=O) groups is 2. The quantitative estimate of drug-likeness (QED) is 0.594. The number of fused-ring (bicyclic) bond motifs is 1. The Kier molecular flexibility index (Phi) is 6.16. The maximum absolute atomic E-state index is 13.1. The lowest BCUT2D eigenvalue weighted by Gasteiger charge is -2.32. The average Bonchev–Trinajstić information content (AvgIpc) is 3.32. The van der Waals surface area contributed by atoms with Gasteiger partial charge in [0, 0.05) is 37.9 Å². The van der Waals surface area contributed by atoms with Crippen LogP contribution in [0.25, 0.3) is 5.52 Å². The Bertz CT molecular complexity index is 1140. The van der Waals surface area contributed by atoms with Crippen LogP contribution in [0.1, 0.15) is 76.8 Å². The molecule has 2 fully saturated rings. The molecule has 0 unspecified atom stereocenters. The van der Waals surface area contributed by atoms with Crippen molar-refractivity contribution in [3.8, 4) is 0 Å². The van der Waals surface area contributed by atoms with Crippen molar-refractivity contribution in [3.63, 3.8) is 0 Å². The van der Waals surface area contributed by atoms with Crippen LogP contribution >= 0.6 is 0 Å². The number of amides is 2. The fourth-order valence-corrected chi connectivity index (χ4v) is 5.16. The minimum atomic E-state index is 0.0938. The van der Waals surface area contributed by atoms with Crippen molar-refractivity contribution in [3.05, 3.63) is 71.0 Å². The Labute approximate surface area is 195 Å². The maximum atomic E-state index is 13.1. The van der Waals surface area contributed by atoms with Crippen molar-refractivity contribution >= 4 is 17.3 Å². The molecule has 6 nitrogen and oxygen atoms in total. The van der Waals surface area contributed by atoms with Crippen molar-refractivity contribution in [1.29, 1.82) is 0 Å². The highest BCUT2D eigenvalue weighted by atomic mass is 16.2. The highest BCUT2D eigenvalue weighted by molar-refractivity contribution is 6.00. The van der Waals surface area contributed by atoms with Gasteiger partial charge in [0.05, 0.1) is 17.3 Å². The number of likely N-dealkylation sites (tertiary alicyclic amines) is 2. The van der Waals surface area contributed by atoms with Crippen molar-refractivity contribution in [2.45, 2.75) is 51.4 Å². The van der Waals surface area contributed by atoms with E-state index in [1.165, 1.54) is 17.5 Å². The van der Waals surface area contributed by atoms with Crippen LogP contribution in [0.4, 0.5) is 0 Å². The Hall–Kier alpha value is -3.15. The zero-order chi connectivity index (χ0) is 22.8. The predicted octanol–water partition coefficient (Wildman–Crippen LogP) is 4.54. The first kappa shape index (κ1) is 21.7. The number of rotatable bonds is 4. The normalized spacial score (nSPS) is 17.5. The molecule has 172 valence electrons. The van der Waals surface area contributed by atoms with E-state index in [4.69, 9.17) is 0 Å². The average molecular weight is 445 g/mol. The molecule has 0 radical (unpaired) electrons. The maximum Gasteiger partial charge on any atom is 0.257 e. The van der Waals surface area contributed by atoms with E-state index in [1.54, 1.807) is 10.7 Å². The number of piperidine rings is 2. The Morgan fingerprint density at radius 2 is 1.61 bits per heavy atom. The largest absolute Gasteiger partial charge is 0.339 e. The second-order valence-electron chi connectivity index (χ2n) is 9.32. The zero-order valence-corrected chi connectivity index (χ0v) is 19.4. The third-order valence-corrected chi connectivity index (χ3v) is 7.28. The van der Waals surface area contributed by atoms with Gasteiger partial charge in [-0.05, 0) is 79.8 Å². The summed E-state index contributed by atoms with van der Waals surface area (Å²) < 4.78 is 1.80. The molecular formula is C27H32N4O2. The van der Waals surface area contributed by atoms with Crippen molar-refractivity contribution in [1.82, 2.24) is 19.4 Å². The van der Waals surface area contributed by atoms with Crippen LogP contribution in [0.2, 0.25) is 0 Å². The van der Waals surface area contributed by atoms with Crippen LogP contribution in [-0.4, -0.2) is 57.4 Å². The molecule has 0 saturated carbocycles. The van der Waals surface area contributed by atoms with E-state index < -0.39 is 0 Å². The fraction of sp³-hybridized carbons (Fsp3) is 0.444. The van der Waals surface area contributed by atoms with Gasteiger partial charge in [0.1, 0.15) is 0 Å². The molecule has 2 aliphatic heterocycles. The van der Waals surface area contributed by atoms with E-state index in [9.17, 15) is 9.59 Å². The van der Waals surface area contributed by atoms with Gasteiger partial charge in [-0.1, -0.05) is 19.1 Å². The molecule has 0 spiro atoms. The summed E-state index contributed by atoms with van der Waals surface area (Å²) in [5, 5.41) is 4.42. The SMILES string of the molecule is CCc1ccc(C(=O)N2CCC(c3ccn4ncc(C(=O)N5CCCCC5)c4c3)CC2)cc1. The molecule has 0 N–H and O–H groups in total. The number of aromatic nitrogens is 2. The van der Waals surface area contributed by atoms with E-state index in [1.807, 2.05) is 40.3 Å². The molecule has 2 aromatic heterocycles. The number of hydrogen-bond donors (Lipinski definition) is 0. The number of aryl methyl sites for hydroxylation is 1. The van der Waals surface area contributed by atoms with Gasteiger partial charge in [0.15, 0.2) is 0 Å². The second-order valence-corrected chi connectivity index (χ2v) is 9.32. The highest BCUT2D eigenvalue weighted by Crippen LogP contribution is 2.30. The van der Waals surface area contributed by atoms with Crippen LogP contribution in [0, 0.1) is 0 Å². The Morgan fingerprint density at radius 1 is 0.909 bits per heavy atom. The van der Waals surface area contributed by atoms with Gasteiger partial charge in [-0.15, -0.1) is 0 Å². The molecular weight excluding hydrogens is 412 g/mol. The van der Waals surface area contributed by atoms with E-state index in [0.29, 0.717) is 11.5 Å². The lowest BCUT2D eigenvalue weighted by Crippen LogP contribution is -2.38. The number of benzene rings is 1. The minimum absolute atomic E-state index is 0.0938. The first-order valence-corrected chi connectivity index (χ1v) is 12.3. The molecule has 2 amide bonds. The molecule has 5 rings (SSSR count). The van der Waals surface area contributed by atoms with E-state index in [-0.39, 0.29) is 11.8 Å². The third-order valence-electron chi connectivity index (χ3n) is 7.28. The lowest BCUT2D eigenvalue weighted by molar-refractivity contribution is 0.0709. The fourth-order valence-electron chi connectivity index (χ4n) is 5.16. The van der Waals surface area contributed by atoms with Gasteiger partial charge in [-0.2, -0.15) is 5.10 Å². The first-order valence-electron chi connectivity index (χ1n) is 12.3. The molecule has 3 aromatic rings. The molecule has 0 atom stereocenters. The molecule has 0 aliphatic carbocycles. The Morgan fingerprint density at radius 3 is 2.30 bits per heavy atom. The second kappa shape index (κ2) is 9.38. The van der Waals surface area contributed by atoms with Gasteiger partial charge >= 0.3 is 0 Å². The molecule has 0 bridgehead atoms. The van der Waals surface area contributed by atoms with Crippen LogP contribution in [0.3, 0.4) is 0 Å². The topological polar surface area (TPSA) is 57.9 Å². The van der Waals surface area contributed by atoms with Crippen molar-refractivity contribution in [2.24, 2.45) is 0 Å². The van der Waals surface area contributed by atoms with Gasteiger partial charge in [0.2, 0.25) is 0 Å². The van der Waals surface area contributed by atoms with Gasteiger partial charge in [-0.3, -0.25) is 9.59 Å². The summed E-state index contributed by atoms with van der Waals surface area (Å²) in [4.78, 5) is 29.9. The molecule has 1 aromatic carbocycles.